The Balaban J connectivity index is 1.89. The van der Waals surface area contributed by atoms with Crippen molar-refractivity contribution in [2.75, 3.05) is 32.8 Å². The second-order valence-corrected chi connectivity index (χ2v) is 5.13. The molecule has 0 aromatic heterocycles. The molecule has 0 fully saturated rings. The van der Waals surface area contributed by atoms with Gasteiger partial charge in [0.05, 0.1) is 5.69 Å². The van der Waals surface area contributed by atoms with Gasteiger partial charge >= 0.3 is 0 Å². The summed E-state index contributed by atoms with van der Waals surface area (Å²) in [6, 6.07) is 5.81. The van der Waals surface area contributed by atoms with Crippen LogP contribution in [0.15, 0.2) is 28.2 Å². The number of guanidine groups is 2. The number of anilines is 1. The number of rotatable bonds is 1. The highest BCUT2D eigenvalue weighted by Gasteiger charge is 2.24. The molecule has 21 heavy (non-hydrogen) atoms. The van der Waals surface area contributed by atoms with E-state index in [1.165, 1.54) is 0 Å². The predicted octanol–water partition coefficient (Wildman–Crippen LogP) is 1.07. The Morgan fingerprint density at radius 3 is 2.67 bits per heavy atom. The second-order valence-electron chi connectivity index (χ2n) is 5.13. The molecule has 0 aliphatic carbocycles. The largest absolute Gasteiger partial charge is 0.454 e. The van der Waals surface area contributed by atoms with Gasteiger partial charge in [0.2, 0.25) is 18.7 Å². The summed E-state index contributed by atoms with van der Waals surface area (Å²) in [6.45, 7) is 2.20. The van der Waals surface area contributed by atoms with Crippen molar-refractivity contribution < 1.29 is 9.47 Å². The molecular formula is C14H19N5O2. The first kappa shape index (κ1) is 13.5. The second kappa shape index (κ2) is 5.16. The molecule has 1 N–H and O–H groups in total. The van der Waals surface area contributed by atoms with Gasteiger partial charge in [-0.15, -0.1) is 0 Å². The minimum Gasteiger partial charge on any atom is -0.454 e. The monoisotopic (exact) mass is 289 g/mol. The third-order valence-corrected chi connectivity index (χ3v) is 3.32. The van der Waals surface area contributed by atoms with E-state index < -0.39 is 0 Å². The standard InChI is InChI=1S/C14H19N5O2/c1-9-15-13(18(2)3)17-14(16-9)19(4)10-6-5-7-11-12(10)21-8-20-11/h5-7,9H,8H2,1-4H3,(H,15,16,17). The molecule has 0 spiro atoms. The smallest absolute Gasteiger partial charge is 0.231 e. The lowest BCUT2D eigenvalue weighted by Gasteiger charge is -2.29. The number of benzene rings is 1. The summed E-state index contributed by atoms with van der Waals surface area (Å²) in [4.78, 5) is 12.9. The molecule has 0 saturated heterocycles. The Morgan fingerprint density at radius 2 is 1.90 bits per heavy atom. The highest BCUT2D eigenvalue weighted by molar-refractivity contribution is 6.08. The van der Waals surface area contributed by atoms with Gasteiger partial charge in [-0.2, -0.15) is 0 Å². The quantitative estimate of drug-likeness (QED) is 0.838. The summed E-state index contributed by atoms with van der Waals surface area (Å²) in [5, 5.41) is 3.23. The zero-order valence-electron chi connectivity index (χ0n) is 12.6. The number of hydrogen-bond acceptors (Lipinski definition) is 7. The summed E-state index contributed by atoms with van der Waals surface area (Å²) < 4.78 is 11.0. The lowest BCUT2D eigenvalue weighted by molar-refractivity contribution is 0.174. The van der Waals surface area contributed by atoms with Crippen molar-refractivity contribution in [3.63, 3.8) is 0 Å². The van der Waals surface area contributed by atoms with Crippen molar-refractivity contribution in [3.8, 4) is 11.5 Å². The van der Waals surface area contributed by atoms with Gasteiger partial charge in [0.15, 0.2) is 11.5 Å². The summed E-state index contributed by atoms with van der Waals surface area (Å²) in [5.41, 5.74) is 0.906. The molecule has 7 nitrogen and oxygen atoms in total. The van der Waals surface area contributed by atoms with Crippen LogP contribution in [0.2, 0.25) is 0 Å². The third-order valence-electron chi connectivity index (χ3n) is 3.32. The van der Waals surface area contributed by atoms with Crippen molar-refractivity contribution in [1.29, 1.82) is 0 Å². The number of para-hydroxylation sites is 1. The molecular weight excluding hydrogens is 270 g/mol. The topological polar surface area (TPSA) is 61.7 Å². The van der Waals surface area contributed by atoms with E-state index in [0.29, 0.717) is 0 Å². The van der Waals surface area contributed by atoms with Crippen LogP contribution in [-0.4, -0.2) is 50.9 Å². The van der Waals surface area contributed by atoms with E-state index in [2.05, 4.69) is 15.3 Å². The molecule has 2 aliphatic rings. The van der Waals surface area contributed by atoms with Crippen LogP contribution in [-0.2, 0) is 0 Å². The van der Waals surface area contributed by atoms with Crippen LogP contribution in [0.1, 0.15) is 6.92 Å². The first-order valence-corrected chi connectivity index (χ1v) is 6.78. The minimum atomic E-state index is -0.130. The van der Waals surface area contributed by atoms with Gasteiger partial charge in [0.1, 0.15) is 6.17 Å². The molecule has 0 radical (unpaired) electrons. The average Bonchev–Trinajstić information content (AvgIpc) is 2.94. The zero-order chi connectivity index (χ0) is 15.0. The van der Waals surface area contributed by atoms with Gasteiger partial charge in [-0.05, 0) is 19.1 Å². The molecule has 1 aromatic rings. The van der Waals surface area contributed by atoms with Crippen LogP contribution in [0.25, 0.3) is 0 Å². The van der Waals surface area contributed by atoms with E-state index >= 15 is 0 Å². The molecule has 0 saturated carbocycles. The third kappa shape index (κ3) is 2.46. The maximum atomic E-state index is 5.56. The number of fused-ring (bicyclic) bond motifs is 1. The Hall–Kier alpha value is -2.44. The van der Waals surface area contributed by atoms with Crippen LogP contribution >= 0.6 is 0 Å². The number of nitrogens with one attached hydrogen (secondary N) is 1. The van der Waals surface area contributed by atoms with E-state index in [4.69, 9.17) is 9.47 Å². The van der Waals surface area contributed by atoms with E-state index in [1.54, 1.807) is 0 Å². The van der Waals surface area contributed by atoms with Gasteiger partial charge in [-0.25, -0.2) is 9.98 Å². The van der Waals surface area contributed by atoms with Crippen LogP contribution in [0.4, 0.5) is 5.69 Å². The lowest BCUT2D eigenvalue weighted by Crippen LogP contribution is -2.50. The zero-order valence-corrected chi connectivity index (χ0v) is 12.6. The molecule has 0 amide bonds. The van der Waals surface area contributed by atoms with Crippen LogP contribution < -0.4 is 19.7 Å². The lowest BCUT2D eigenvalue weighted by atomic mass is 10.2. The fourth-order valence-electron chi connectivity index (χ4n) is 2.24. The summed E-state index contributed by atoms with van der Waals surface area (Å²) in [6.07, 6.45) is -0.130. The van der Waals surface area contributed by atoms with Gasteiger partial charge in [-0.1, -0.05) is 6.07 Å². The van der Waals surface area contributed by atoms with Crippen molar-refractivity contribution in [2.24, 2.45) is 9.98 Å². The van der Waals surface area contributed by atoms with E-state index in [9.17, 15) is 0 Å². The Labute approximate surface area is 123 Å². The summed E-state index contributed by atoms with van der Waals surface area (Å²) in [7, 11) is 5.83. The molecule has 7 heteroatoms. The van der Waals surface area contributed by atoms with Crippen LogP contribution in [0.3, 0.4) is 0 Å². The van der Waals surface area contributed by atoms with E-state index in [0.717, 1.165) is 29.1 Å². The number of ether oxygens (including phenoxy) is 2. The van der Waals surface area contributed by atoms with Gasteiger partial charge in [0, 0.05) is 21.1 Å². The summed E-state index contributed by atoms with van der Waals surface area (Å²) in [5.74, 6) is 3.01. The maximum Gasteiger partial charge on any atom is 0.231 e. The maximum absolute atomic E-state index is 5.56. The van der Waals surface area contributed by atoms with Crippen molar-refractivity contribution in [1.82, 2.24) is 10.2 Å². The van der Waals surface area contributed by atoms with Crippen molar-refractivity contribution >= 4 is 17.6 Å². The first-order valence-electron chi connectivity index (χ1n) is 6.78. The van der Waals surface area contributed by atoms with Gasteiger partial charge < -0.3 is 19.3 Å². The van der Waals surface area contributed by atoms with Crippen LogP contribution in [0, 0.1) is 0 Å². The fraction of sp³-hybridized carbons (Fsp3) is 0.429. The first-order chi connectivity index (χ1) is 10.1. The number of aliphatic imine (C=N–C) groups is 2. The fourth-order valence-corrected chi connectivity index (χ4v) is 2.24. The highest BCUT2D eigenvalue weighted by atomic mass is 16.7. The number of hydrogen-bond donors (Lipinski definition) is 1. The molecule has 0 bridgehead atoms. The molecule has 2 aliphatic heterocycles. The van der Waals surface area contributed by atoms with Crippen molar-refractivity contribution in [3.05, 3.63) is 18.2 Å². The molecule has 1 aromatic carbocycles. The van der Waals surface area contributed by atoms with E-state index in [-0.39, 0.29) is 13.0 Å². The average molecular weight is 289 g/mol. The van der Waals surface area contributed by atoms with Gasteiger partial charge in [-0.3, -0.25) is 5.32 Å². The summed E-state index contributed by atoms with van der Waals surface area (Å²) >= 11 is 0. The van der Waals surface area contributed by atoms with Gasteiger partial charge in [0.25, 0.3) is 0 Å². The number of nitrogens with zero attached hydrogens (tertiary/aromatic N) is 4. The Kier molecular flexibility index (Phi) is 3.32. The molecule has 1 atom stereocenters. The molecule has 1 unspecified atom stereocenters. The SMILES string of the molecule is CC1N=C(N(C)C)NC(N(C)c2cccc3c2OCO3)=N1. The Morgan fingerprint density at radius 1 is 1.14 bits per heavy atom. The predicted molar refractivity (Wildman–Crippen MR) is 82.1 cm³/mol. The molecule has 112 valence electrons. The van der Waals surface area contributed by atoms with Crippen LogP contribution in [0.5, 0.6) is 11.5 Å². The normalized spacial score (nSPS) is 19.5. The molecule has 3 rings (SSSR count). The Bertz CT molecular complexity index is 611. The van der Waals surface area contributed by atoms with E-state index in [1.807, 2.05) is 56.1 Å². The highest BCUT2D eigenvalue weighted by Crippen LogP contribution is 2.40. The minimum absolute atomic E-state index is 0.130. The van der Waals surface area contributed by atoms with Crippen molar-refractivity contribution in [2.45, 2.75) is 13.1 Å². The molecule has 2 heterocycles.